The van der Waals surface area contributed by atoms with Gasteiger partial charge in [-0.2, -0.15) is 5.10 Å². The zero-order chi connectivity index (χ0) is 15.7. The predicted octanol–water partition coefficient (Wildman–Crippen LogP) is 1.61. The van der Waals surface area contributed by atoms with E-state index in [-0.39, 0.29) is 23.3 Å². The number of aromatic amines is 1. The van der Waals surface area contributed by atoms with E-state index in [2.05, 4.69) is 32.4 Å². The second-order valence-corrected chi connectivity index (χ2v) is 7.27. The third-order valence-electron chi connectivity index (χ3n) is 4.02. The van der Waals surface area contributed by atoms with Crippen LogP contribution in [0.3, 0.4) is 0 Å². The van der Waals surface area contributed by atoms with Crippen LogP contribution in [-0.2, 0) is 16.4 Å². The van der Waals surface area contributed by atoms with Crippen molar-refractivity contribution in [3.63, 3.8) is 0 Å². The Bertz CT molecular complexity index is 769. The molecule has 3 N–H and O–H groups in total. The van der Waals surface area contributed by atoms with E-state index in [1.54, 1.807) is 13.8 Å². The van der Waals surface area contributed by atoms with E-state index in [9.17, 15) is 8.42 Å². The number of nitrogens with zero attached hydrogens (tertiary/aromatic N) is 1. The molecule has 8 heteroatoms. The van der Waals surface area contributed by atoms with Crippen molar-refractivity contribution >= 4 is 22.4 Å². The molecule has 1 atom stereocenters. The van der Waals surface area contributed by atoms with Crippen molar-refractivity contribution in [2.75, 3.05) is 13.1 Å². The van der Waals surface area contributed by atoms with Crippen LogP contribution in [0.25, 0.3) is 0 Å². The summed E-state index contributed by atoms with van der Waals surface area (Å²) in [6.07, 6.45) is 0.972. The standard InChI is InChI=1S/C15H20N4O2S.ClH/c1-10-15(11(2)19-18-10)22(20,21)17-9-14-13-6-4-3-5-12(13)7-8-16-14;/h3-6,14,16-17H,7-9H2,1-2H3,(H,18,19);1H. The van der Waals surface area contributed by atoms with Crippen LogP contribution in [0.2, 0.25) is 0 Å². The highest BCUT2D eigenvalue weighted by Crippen LogP contribution is 2.23. The molecule has 23 heavy (non-hydrogen) atoms. The summed E-state index contributed by atoms with van der Waals surface area (Å²) in [6.45, 7) is 4.57. The molecule has 2 aromatic rings. The van der Waals surface area contributed by atoms with Crippen molar-refractivity contribution in [3.8, 4) is 0 Å². The minimum Gasteiger partial charge on any atom is -0.308 e. The van der Waals surface area contributed by atoms with E-state index >= 15 is 0 Å². The van der Waals surface area contributed by atoms with E-state index < -0.39 is 10.0 Å². The molecule has 0 aliphatic carbocycles. The number of aryl methyl sites for hydroxylation is 2. The maximum Gasteiger partial charge on any atom is 0.244 e. The lowest BCUT2D eigenvalue weighted by Gasteiger charge is -2.27. The number of fused-ring (bicyclic) bond motifs is 1. The Labute approximate surface area is 142 Å². The fourth-order valence-corrected chi connectivity index (χ4v) is 4.39. The summed E-state index contributed by atoms with van der Waals surface area (Å²) in [7, 11) is -3.56. The Balaban J connectivity index is 0.00000192. The van der Waals surface area contributed by atoms with E-state index in [1.165, 1.54) is 5.56 Å². The van der Waals surface area contributed by atoms with Crippen LogP contribution in [0.5, 0.6) is 0 Å². The van der Waals surface area contributed by atoms with Gasteiger partial charge in [0.1, 0.15) is 4.90 Å². The molecular weight excluding hydrogens is 336 g/mol. The molecule has 1 aromatic heterocycles. The van der Waals surface area contributed by atoms with Gasteiger partial charge in [0.2, 0.25) is 10.0 Å². The lowest BCUT2D eigenvalue weighted by atomic mass is 9.95. The summed E-state index contributed by atoms with van der Waals surface area (Å²) in [5.74, 6) is 0. The molecule has 0 amide bonds. The SMILES string of the molecule is Cc1n[nH]c(C)c1S(=O)(=O)NCC1NCCc2ccccc21.Cl. The van der Waals surface area contributed by atoms with Gasteiger partial charge in [0.05, 0.1) is 11.4 Å². The van der Waals surface area contributed by atoms with Crippen LogP contribution < -0.4 is 10.0 Å². The number of hydrogen-bond donors (Lipinski definition) is 3. The second-order valence-electron chi connectivity index (χ2n) is 5.57. The Hall–Kier alpha value is -1.41. The molecule has 2 heterocycles. The highest BCUT2D eigenvalue weighted by molar-refractivity contribution is 7.89. The number of sulfonamides is 1. The number of aromatic nitrogens is 2. The largest absolute Gasteiger partial charge is 0.308 e. The Morgan fingerprint density at radius 2 is 2.04 bits per heavy atom. The Kier molecular flexibility index (Phi) is 5.46. The highest BCUT2D eigenvalue weighted by Gasteiger charge is 2.25. The molecule has 0 saturated carbocycles. The van der Waals surface area contributed by atoms with E-state index in [4.69, 9.17) is 0 Å². The van der Waals surface area contributed by atoms with Crippen molar-refractivity contribution < 1.29 is 8.42 Å². The molecule has 0 saturated heterocycles. The summed E-state index contributed by atoms with van der Waals surface area (Å²) in [5.41, 5.74) is 3.49. The van der Waals surface area contributed by atoms with Crippen molar-refractivity contribution in [2.24, 2.45) is 0 Å². The molecule has 1 aromatic carbocycles. The van der Waals surface area contributed by atoms with Crippen LogP contribution in [0.4, 0.5) is 0 Å². The first-order valence-corrected chi connectivity index (χ1v) is 8.80. The van der Waals surface area contributed by atoms with Gasteiger partial charge in [-0.05, 0) is 37.9 Å². The van der Waals surface area contributed by atoms with Crippen LogP contribution in [-0.4, -0.2) is 31.7 Å². The van der Waals surface area contributed by atoms with E-state index in [1.807, 2.05) is 12.1 Å². The van der Waals surface area contributed by atoms with Gasteiger partial charge in [-0.15, -0.1) is 12.4 Å². The van der Waals surface area contributed by atoms with Crippen molar-refractivity contribution in [3.05, 3.63) is 46.8 Å². The first-order valence-electron chi connectivity index (χ1n) is 7.31. The Morgan fingerprint density at radius 1 is 1.30 bits per heavy atom. The second kappa shape index (κ2) is 7.00. The van der Waals surface area contributed by atoms with Crippen LogP contribution >= 0.6 is 12.4 Å². The molecule has 1 aliphatic rings. The number of hydrogen-bond acceptors (Lipinski definition) is 4. The fraction of sp³-hybridized carbons (Fsp3) is 0.400. The third-order valence-corrected chi connectivity index (χ3v) is 5.71. The monoisotopic (exact) mass is 356 g/mol. The molecule has 6 nitrogen and oxygen atoms in total. The smallest absolute Gasteiger partial charge is 0.244 e. The maximum absolute atomic E-state index is 12.5. The van der Waals surface area contributed by atoms with Gasteiger partial charge in [0, 0.05) is 12.6 Å². The molecule has 0 spiro atoms. The van der Waals surface area contributed by atoms with Crippen LogP contribution in [0, 0.1) is 13.8 Å². The summed E-state index contributed by atoms with van der Waals surface area (Å²) in [4.78, 5) is 0.247. The normalized spacial score (nSPS) is 17.4. The number of rotatable bonds is 4. The summed E-state index contributed by atoms with van der Waals surface area (Å²) in [6, 6.07) is 8.14. The average Bonchev–Trinajstić information content (AvgIpc) is 2.85. The van der Waals surface area contributed by atoms with Gasteiger partial charge < -0.3 is 5.32 Å². The maximum atomic E-state index is 12.5. The molecule has 0 radical (unpaired) electrons. The lowest BCUT2D eigenvalue weighted by Crippen LogP contribution is -2.39. The highest BCUT2D eigenvalue weighted by atomic mass is 35.5. The first-order chi connectivity index (χ1) is 10.5. The number of halogens is 1. The molecule has 126 valence electrons. The number of benzene rings is 1. The van der Waals surface area contributed by atoms with E-state index in [0.717, 1.165) is 18.5 Å². The zero-order valence-corrected chi connectivity index (χ0v) is 14.7. The first kappa shape index (κ1) is 17.9. The summed E-state index contributed by atoms with van der Waals surface area (Å²) >= 11 is 0. The van der Waals surface area contributed by atoms with E-state index in [0.29, 0.717) is 17.9 Å². The van der Waals surface area contributed by atoms with Gasteiger partial charge in [-0.25, -0.2) is 13.1 Å². The minimum atomic E-state index is -3.56. The predicted molar refractivity (Wildman–Crippen MR) is 91.4 cm³/mol. The average molecular weight is 357 g/mol. The van der Waals surface area contributed by atoms with Crippen molar-refractivity contribution in [1.29, 1.82) is 0 Å². The number of H-pyrrole nitrogens is 1. The summed E-state index contributed by atoms with van der Waals surface area (Å²) < 4.78 is 27.7. The number of nitrogens with one attached hydrogen (secondary N) is 3. The summed E-state index contributed by atoms with van der Waals surface area (Å²) in [5, 5.41) is 10.0. The molecule has 0 bridgehead atoms. The molecule has 3 rings (SSSR count). The molecule has 0 fully saturated rings. The van der Waals surface area contributed by atoms with Crippen LogP contribution in [0.15, 0.2) is 29.2 Å². The molecule has 1 aliphatic heterocycles. The quantitative estimate of drug-likeness (QED) is 0.776. The van der Waals surface area contributed by atoms with Crippen molar-refractivity contribution in [2.45, 2.75) is 31.2 Å². The Morgan fingerprint density at radius 3 is 2.74 bits per heavy atom. The zero-order valence-electron chi connectivity index (χ0n) is 13.1. The fourth-order valence-electron chi connectivity index (χ4n) is 2.98. The molecule has 1 unspecified atom stereocenters. The van der Waals surface area contributed by atoms with Gasteiger partial charge >= 0.3 is 0 Å². The minimum absolute atomic E-state index is 0. The van der Waals surface area contributed by atoms with Gasteiger partial charge in [0.25, 0.3) is 0 Å². The van der Waals surface area contributed by atoms with Crippen LogP contribution in [0.1, 0.15) is 28.6 Å². The van der Waals surface area contributed by atoms with Crippen molar-refractivity contribution in [1.82, 2.24) is 20.2 Å². The lowest BCUT2D eigenvalue weighted by molar-refractivity contribution is 0.491. The molecular formula is C15H21ClN4O2S. The topological polar surface area (TPSA) is 86.9 Å². The van der Waals surface area contributed by atoms with Gasteiger partial charge in [-0.1, -0.05) is 24.3 Å². The third kappa shape index (κ3) is 3.58. The van der Waals surface area contributed by atoms with Gasteiger partial charge in [-0.3, -0.25) is 5.10 Å². The van der Waals surface area contributed by atoms with Gasteiger partial charge in [0.15, 0.2) is 0 Å².